The van der Waals surface area contributed by atoms with Gasteiger partial charge in [-0.25, -0.2) is 0 Å². The SMILES string of the molecule is CC1=C(C)C(C)[C]([Hf+3])=C1C.[Cl-].[Cl-].[Cl-]. The van der Waals surface area contributed by atoms with Crippen molar-refractivity contribution in [1.29, 1.82) is 0 Å². The van der Waals surface area contributed by atoms with Crippen LogP contribution in [0.15, 0.2) is 20.0 Å². The molecule has 0 fully saturated rings. The zero-order chi connectivity index (χ0) is 7.89. The van der Waals surface area contributed by atoms with Gasteiger partial charge in [-0.2, -0.15) is 0 Å². The third-order valence-corrected chi connectivity index (χ3v) is 5.54. The van der Waals surface area contributed by atoms with E-state index in [1.54, 1.807) is 14.5 Å². The topological polar surface area (TPSA) is 0 Å². The van der Waals surface area contributed by atoms with Crippen LogP contribution in [-0.4, -0.2) is 0 Å². The van der Waals surface area contributed by atoms with Gasteiger partial charge in [0.2, 0.25) is 0 Å². The Morgan fingerprint density at radius 3 is 1.38 bits per heavy atom. The molecule has 0 aromatic rings. The molecular formula is C9H13Cl3Hf. The van der Waals surface area contributed by atoms with Crippen LogP contribution in [0, 0.1) is 5.92 Å². The van der Waals surface area contributed by atoms with Crippen molar-refractivity contribution in [2.45, 2.75) is 27.7 Å². The van der Waals surface area contributed by atoms with E-state index in [1.807, 2.05) is 0 Å². The van der Waals surface area contributed by atoms with E-state index in [4.69, 9.17) is 0 Å². The van der Waals surface area contributed by atoms with Crippen molar-refractivity contribution >= 4 is 0 Å². The molecule has 1 aliphatic rings. The molecule has 0 amide bonds. The summed E-state index contributed by atoms with van der Waals surface area (Å²) in [6.07, 6.45) is 0. The smallest absolute Gasteiger partial charge is 1.00 e. The minimum Gasteiger partial charge on any atom is -1.00 e. The number of hydrogen-bond acceptors (Lipinski definition) is 0. The fourth-order valence-corrected chi connectivity index (χ4v) is 2.82. The van der Waals surface area contributed by atoms with Crippen LogP contribution in [0.3, 0.4) is 0 Å². The molecule has 0 heterocycles. The monoisotopic (exact) mass is 406 g/mol. The first kappa shape index (κ1) is 19.7. The minimum atomic E-state index is 0. The maximum Gasteiger partial charge on any atom is -1.00 e. The Hall–Kier alpha value is 1.22. The molecular weight excluding hydrogens is 393 g/mol. The fraction of sp³-hybridized carbons (Fsp3) is 0.556. The van der Waals surface area contributed by atoms with Gasteiger partial charge in [0, 0.05) is 0 Å². The molecule has 1 unspecified atom stereocenters. The largest absolute Gasteiger partial charge is 1.00 e. The normalized spacial score (nSPS) is 20.6. The van der Waals surface area contributed by atoms with Gasteiger partial charge in [0.15, 0.2) is 0 Å². The molecule has 13 heavy (non-hydrogen) atoms. The molecule has 4 heteroatoms. The number of rotatable bonds is 0. The van der Waals surface area contributed by atoms with Crippen LogP contribution in [0.1, 0.15) is 27.7 Å². The molecule has 0 aromatic heterocycles. The molecule has 0 bridgehead atoms. The Labute approximate surface area is 114 Å². The van der Waals surface area contributed by atoms with Gasteiger partial charge in [-0.05, 0) is 0 Å². The van der Waals surface area contributed by atoms with Crippen LogP contribution >= 0.6 is 0 Å². The summed E-state index contributed by atoms with van der Waals surface area (Å²) in [5.74, 6) is 0.756. The Morgan fingerprint density at radius 2 is 1.31 bits per heavy atom. The first-order valence-corrected chi connectivity index (χ1v) is 5.45. The van der Waals surface area contributed by atoms with Crippen molar-refractivity contribution in [3.63, 3.8) is 0 Å². The maximum atomic E-state index is 2.32. The standard InChI is InChI=1S/C9H13.3ClH.Hf/c1-6-5-7(2)9(4)8(6)3;;;;/h6H,1-4H3;3*1H;/q;;;;+3/p-3. The molecule has 0 aromatic carbocycles. The summed E-state index contributed by atoms with van der Waals surface area (Å²) in [5.41, 5.74) is 4.69. The third kappa shape index (κ3) is 3.70. The van der Waals surface area contributed by atoms with Crippen molar-refractivity contribution in [3.8, 4) is 0 Å². The molecule has 0 nitrogen and oxygen atoms in total. The summed E-state index contributed by atoms with van der Waals surface area (Å²) in [7, 11) is 0. The quantitative estimate of drug-likeness (QED) is 0.352. The summed E-state index contributed by atoms with van der Waals surface area (Å²) in [6.45, 7) is 9.07. The molecule has 0 N–H and O–H groups in total. The van der Waals surface area contributed by atoms with Crippen LogP contribution in [0.25, 0.3) is 0 Å². The number of hydrogen-bond donors (Lipinski definition) is 0. The van der Waals surface area contributed by atoms with E-state index >= 15 is 0 Å². The van der Waals surface area contributed by atoms with Gasteiger partial charge in [0.05, 0.1) is 0 Å². The van der Waals surface area contributed by atoms with Crippen molar-refractivity contribution < 1.29 is 61.6 Å². The van der Waals surface area contributed by atoms with Crippen molar-refractivity contribution in [2.24, 2.45) is 5.92 Å². The van der Waals surface area contributed by atoms with E-state index in [2.05, 4.69) is 27.7 Å². The second kappa shape index (κ2) is 7.50. The van der Waals surface area contributed by atoms with Crippen LogP contribution < -0.4 is 37.2 Å². The first-order chi connectivity index (χ1) is 4.55. The first-order valence-electron chi connectivity index (χ1n) is 3.65. The minimum absolute atomic E-state index is 0. The van der Waals surface area contributed by atoms with Crippen LogP contribution in [0.2, 0.25) is 0 Å². The average Bonchev–Trinajstić information content (AvgIpc) is 2.07. The molecule has 1 atom stereocenters. The zero-order valence-electron chi connectivity index (χ0n) is 8.21. The fourth-order valence-electron chi connectivity index (χ4n) is 1.36. The van der Waals surface area contributed by atoms with Crippen molar-refractivity contribution in [3.05, 3.63) is 20.0 Å². The van der Waals surface area contributed by atoms with E-state index in [1.165, 1.54) is 29.9 Å². The Balaban J connectivity index is -0.000000333. The molecule has 0 radical (unpaired) electrons. The summed E-state index contributed by atoms with van der Waals surface area (Å²) in [4.78, 5) is 0. The van der Waals surface area contributed by atoms with Gasteiger partial charge in [-0.15, -0.1) is 0 Å². The molecule has 0 aliphatic heterocycles. The second-order valence-corrected chi connectivity index (χ2v) is 5.00. The Kier molecular flexibility index (Phi) is 11.4. The second-order valence-electron chi connectivity index (χ2n) is 3.07. The van der Waals surface area contributed by atoms with Crippen LogP contribution in [0.4, 0.5) is 0 Å². The Morgan fingerprint density at radius 1 is 0.923 bits per heavy atom. The third-order valence-electron chi connectivity index (χ3n) is 2.64. The van der Waals surface area contributed by atoms with Crippen molar-refractivity contribution in [1.82, 2.24) is 0 Å². The van der Waals surface area contributed by atoms with Gasteiger partial charge >= 0.3 is 78.0 Å². The van der Waals surface area contributed by atoms with E-state index in [9.17, 15) is 0 Å². The van der Waals surface area contributed by atoms with Crippen molar-refractivity contribution in [2.75, 3.05) is 0 Å². The van der Waals surface area contributed by atoms with Gasteiger partial charge in [0.1, 0.15) is 0 Å². The van der Waals surface area contributed by atoms with E-state index < -0.39 is 0 Å². The molecule has 0 saturated carbocycles. The van der Waals surface area contributed by atoms with E-state index in [-0.39, 0.29) is 37.2 Å². The van der Waals surface area contributed by atoms with Gasteiger partial charge < -0.3 is 37.2 Å². The van der Waals surface area contributed by atoms with Gasteiger partial charge in [0.25, 0.3) is 0 Å². The molecule has 74 valence electrons. The van der Waals surface area contributed by atoms with E-state index in [0.717, 1.165) is 5.92 Å². The van der Waals surface area contributed by atoms with E-state index in [0.29, 0.717) is 0 Å². The molecule has 1 aliphatic carbocycles. The Bertz CT molecular complexity index is 207. The predicted molar refractivity (Wildman–Crippen MR) is 40.2 cm³/mol. The summed E-state index contributed by atoms with van der Waals surface area (Å²) in [6, 6.07) is 0. The predicted octanol–water partition coefficient (Wildman–Crippen LogP) is -6.19. The van der Waals surface area contributed by atoms with Crippen LogP contribution in [-0.2, 0) is 24.4 Å². The van der Waals surface area contributed by atoms with Gasteiger partial charge in [-0.1, -0.05) is 0 Å². The molecule has 0 spiro atoms. The summed E-state index contributed by atoms with van der Waals surface area (Å²) >= 11 is 1.23. The summed E-state index contributed by atoms with van der Waals surface area (Å²) in [5, 5.41) is 0. The number of allylic oxidation sites excluding steroid dienone is 4. The molecule has 1 rings (SSSR count). The van der Waals surface area contributed by atoms with Gasteiger partial charge in [-0.3, -0.25) is 0 Å². The maximum absolute atomic E-state index is 2.32. The number of halogens is 3. The molecule has 0 saturated heterocycles. The zero-order valence-corrected chi connectivity index (χ0v) is 14.1. The average molecular weight is 406 g/mol. The van der Waals surface area contributed by atoms with Crippen LogP contribution in [0.5, 0.6) is 0 Å². The summed E-state index contributed by atoms with van der Waals surface area (Å²) < 4.78 is 1.69.